The van der Waals surface area contributed by atoms with Gasteiger partial charge in [0, 0.05) is 18.7 Å². The third-order valence-corrected chi connectivity index (χ3v) is 4.88. The minimum Gasteiger partial charge on any atom is -0.481 e. The molecule has 0 radical (unpaired) electrons. The van der Waals surface area contributed by atoms with Crippen LogP contribution < -0.4 is 0 Å². The molecule has 1 unspecified atom stereocenters. The molecule has 0 spiro atoms. The highest BCUT2D eigenvalue weighted by Crippen LogP contribution is 2.47. The minimum absolute atomic E-state index is 0.117. The highest BCUT2D eigenvalue weighted by molar-refractivity contribution is 5.90. The van der Waals surface area contributed by atoms with Crippen LogP contribution in [-0.2, 0) is 15.0 Å². The number of rotatable bonds is 3. The monoisotopic (exact) mass is 309 g/mol. The summed E-state index contributed by atoms with van der Waals surface area (Å²) in [6.45, 7) is 0.444. The fourth-order valence-corrected chi connectivity index (χ4v) is 3.51. The van der Waals surface area contributed by atoms with Gasteiger partial charge in [-0.25, -0.2) is 8.78 Å². The Hall–Kier alpha value is -1.98. The van der Waals surface area contributed by atoms with Crippen LogP contribution in [0.15, 0.2) is 18.2 Å². The Morgan fingerprint density at radius 3 is 2.32 bits per heavy atom. The van der Waals surface area contributed by atoms with Crippen LogP contribution in [0.5, 0.6) is 0 Å². The van der Waals surface area contributed by atoms with Gasteiger partial charge >= 0.3 is 5.97 Å². The summed E-state index contributed by atoms with van der Waals surface area (Å²) in [6.07, 6.45) is 1.92. The summed E-state index contributed by atoms with van der Waals surface area (Å²) in [5.41, 5.74) is -1.33. The third-order valence-electron chi connectivity index (χ3n) is 4.88. The molecular formula is C16H17F2NO3. The molecule has 2 fully saturated rings. The summed E-state index contributed by atoms with van der Waals surface area (Å²) in [5, 5.41) is 9.03. The van der Waals surface area contributed by atoms with Crippen molar-refractivity contribution in [3.05, 3.63) is 35.4 Å². The molecule has 4 nitrogen and oxygen atoms in total. The quantitative estimate of drug-likeness (QED) is 0.932. The van der Waals surface area contributed by atoms with E-state index in [2.05, 4.69) is 0 Å². The summed E-state index contributed by atoms with van der Waals surface area (Å²) < 4.78 is 28.2. The van der Waals surface area contributed by atoms with Gasteiger partial charge in [-0.3, -0.25) is 9.59 Å². The van der Waals surface area contributed by atoms with Crippen LogP contribution in [0.4, 0.5) is 8.78 Å². The molecule has 1 saturated heterocycles. The molecular weight excluding hydrogens is 292 g/mol. The van der Waals surface area contributed by atoms with Crippen molar-refractivity contribution < 1.29 is 23.5 Å². The fraction of sp³-hybridized carbons (Fsp3) is 0.500. The maximum atomic E-state index is 14.1. The zero-order valence-electron chi connectivity index (χ0n) is 12.0. The number of likely N-dealkylation sites (tertiary alicyclic amines) is 1. The Kier molecular flexibility index (Phi) is 3.62. The van der Waals surface area contributed by atoms with E-state index in [0.717, 1.165) is 18.6 Å². The number of carboxylic acid groups (broad SMARTS) is 1. The lowest BCUT2D eigenvalue weighted by molar-refractivity contribution is -0.143. The molecule has 1 atom stereocenters. The van der Waals surface area contributed by atoms with Crippen LogP contribution in [-0.4, -0.2) is 35.0 Å². The molecule has 1 amide bonds. The van der Waals surface area contributed by atoms with E-state index >= 15 is 0 Å². The van der Waals surface area contributed by atoms with Crippen molar-refractivity contribution in [1.82, 2.24) is 4.90 Å². The molecule has 1 aliphatic heterocycles. The van der Waals surface area contributed by atoms with Gasteiger partial charge in [0.2, 0.25) is 5.91 Å². The molecule has 2 aliphatic rings. The molecule has 1 aromatic carbocycles. The van der Waals surface area contributed by atoms with Crippen LogP contribution in [0.1, 0.15) is 31.2 Å². The van der Waals surface area contributed by atoms with Crippen molar-refractivity contribution in [3.8, 4) is 0 Å². The van der Waals surface area contributed by atoms with Gasteiger partial charge in [-0.2, -0.15) is 0 Å². The first-order valence-electron chi connectivity index (χ1n) is 7.42. The average molecular weight is 309 g/mol. The fourth-order valence-electron chi connectivity index (χ4n) is 3.51. The molecule has 118 valence electrons. The van der Waals surface area contributed by atoms with Gasteiger partial charge in [-0.05, 0) is 31.4 Å². The highest BCUT2D eigenvalue weighted by Gasteiger charge is 2.51. The summed E-state index contributed by atoms with van der Waals surface area (Å²) >= 11 is 0. The van der Waals surface area contributed by atoms with E-state index in [1.54, 1.807) is 0 Å². The second kappa shape index (κ2) is 5.34. The van der Waals surface area contributed by atoms with E-state index in [1.807, 2.05) is 0 Å². The lowest BCUT2D eigenvalue weighted by Crippen LogP contribution is -2.51. The van der Waals surface area contributed by atoms with E-state index in [4.69, 9.17) is 5.11 Å². The number of benzene rings is 1. The summed E-state index contributed by atoms with van der Waals surface area (Å²) in [5.74, 6) is -3.28. The first-order valence-corrected chi connectivity index (χ1v) is 7.42. The number of amides is 1. The first-order chi connectivity index (χ1) is 10.5. The predicted molar refractivity (Wildman–Crippen MR) is 74.2 cm³/mol. The number of carbonyl (C=O) groups is 2. The van der Waals surface area contributed by atoms with E-state index in [1.165, 1.54) is 11.0 Å². The zero-order chi connectivity index (χ0) is 15.9. The van der Waals surface area contributed by atoms with Crippen molar-refractivity contribution >= 4 is 11.9 Å². The van der Waals surface area contributed by atoms with Crippen LogP contribution in [0, 0.1) is 17.6 Å². The molecule has 1 saturated carbocycles. The van der Waals surface area contributed by atoms with Crippen LogP contribution in [0.25, 0.3) is 0 Å². The van der Waals surface area contributed by atoms with Gasteiger partial charge in [-0.1, -0.05) is 12.5 Å². The van der Waals surface area contributed by atoms with Crippen LogP contribution in [0.3, 0.4) is 0 Å². The van der Waals surface area contributed by atoms with Crippen molar-refractivity contribution in [2.75, 3.05) is 13.1 Å². The molecule has 6 heteroatoms. The van der Waals surface area contributed by atoms with E-state index < -0.39 is 28.9 Å². The van der Waals surface area contributed by atoms with Gasteiger partial charge in [-0.15, -0.1) is 0 Å². The normalized spacial score (nSPS) is 23.2. The second-order valence-corrected chi connectivity index (χ2v) is 6.11. The Morgan fingerprint density at radius 2 is 1.86 bits per heavy atom. The van der Waals surface area contributed by atoms with Crippen molar-refractivity contribution in [2.45, 2.75) is 31.1 Å². The Labute approximate surface area is 126 Å². The number of carbonyl (C=O) groups excluding carboxylic acids is 1. The standard InChI is InChI=1S/C16H17F2NO3/c17-11-3-1-4-12(18)13(11)16(6-2-7-16)15(22)19-8-5-10(9-19)14(20)21/h1,3-4,10H,2,5-9H2,(H,20,21). The Balaban J connectivity index is 1.91. The SMILES string of the molecule is O=C(O)C1CCN(C(=O)C2(c3c(F)cccc3F)CCC2)C1. The van der Waals surface area contributed by atoms with Crippen molar-refractivity contribution in [1.29, 1.82) is 0 Å². The Morgan fingerprint density at radius 1 is 1.23 bits per heavy atom. The molecule has 1 heterocycles. The van der Waals surface area contributed by atoms with Crippen molar-refractivity contribution in [2.24, 2.45) is 5.92 Å². The maximum Gasteiger partial charge on any atom is 0.308 e. The Bertz CT molecular complexity index is 608. The smallest absolute Gasteiger partial charge is 0.308 e. The maximum absolute atomic E-state index is 14.1. The van der Waals surface area contributed by atoms with Gasteiger partial charge in [0.15, 0.2) is 0 Å². The molecule has 0 bridgehead atoms. The average Bonchev–Trinajstić information content (AvgIpc) is 2.90. The van der Waals surface area contributed by atoms with E-state index in [0.29, 0.717) is 25.8 Å². The first kappa shape index (κ1) is 14.9. The van der Waals surface area contributed by atoms with Crippen LogP contribution >= 0.6 is 0 Å². The number of hydrogen-bond acceptors (Lipinski definition) is 2. The molecule has 0 aromatic heterocycles. The van der Waals surface area contributed by atoms with Gasteiger partial charge < -0.3 is 10.0 Å². The zero-order valence-corrected chi connectivity index (χ0v) is 12.0. The van der Waals surface area contributed by atoms with Crippen LogP contribution in [0.2, 0.25) is 0 Å². The number of nitrogens with zero attached hydrogens (tertiary/aromatic N) is 1. The van der Waals surface area contributed by atoms with Gasteiger partial charge in [0.05, 0.1) is 11.3 Å². The van der Waals surface area contributed by atoms with Gasteiger partial charge in [0.1, 0.15) is 11.6 Å². The number of carboxylic acids is 1. The second-order valence-electron chi connectivity index (χ2n) is 6.11. The van der Waals surface area contributed by atoms with E-state index in [-0.39, 0.29) is 18.0 Å². The third kappa shape index (κ3) is 2.17. The summed E-state index contributed by atoms with van der Waals surface area (Å²) in [6, 6.07) is 3.60. The molecule has 1 aliphatic carbocycles. The summed E-state index contributed by atoms with van der Waals surface area (Å²) in [4.78, 5) is 25.3. The lowest BCUT2D eigenvalue weighted by atomic mass is 9.63. The largest absolute Gasteiger partial charge is 0.481 e. The number of hydrogen-bond donors (Lipinski definition) is 1. The predicted octanol–water partition coefficient (Wildman–Crippen LogP) is 2.32. The molecule has 3 rings (SSSR count). The van der Waals surface area contributed by atoms with Crippen molar-refractivity contribution in [3.63, 3.8) is 0 Å². The highest BCUT2D eigenvalue weighted by atomic mass is 19.1. The molecule has 22 heavy (non-hydrogen) atoms. The minimum atomic E-state index is -1.16. The lowest BCUT2D eigenvalue weighted by Gasteiger charge is -2.43. The van der Waals surface area contributed by atoms with Gasteiger partial charge in [0.25, 0.3) is 0 Å². The van der Waals surface area contributed by atoms with E-state index in [9.17, 15) is 18.4 Å². The topological polar surface area (TPSA) is 57.6 Å². The summed E-state index contributed by atoms with van der Waals surface area (Å²) in [7, 11) is 0. The molecule has 1 aromatic rings. The number of aliphatic carboxylic acids is 1. The number of halogens is 2. The molecule has 1 N–H and O–H groups in total.